The normalized spacial score (nSPS) is 18.9. The number of rotatable bonds is 7. The van der Waals surface area contributed by atoms with Crippen molar-refractivity contribution in [2.24, 2.45) is 0 Å². The summed E-state index contributed by atoms with van der Waals surface area (Å²) in [7, 11) is 2.25. The van der Waals surface area contributed by atoms with Crippen LogP contribution in [-0.4, -0.2) is 43.7 Å². The molecule has 1 aliphatic heterocycles. The number of fused-ring (bicyclic) bond motifs is 1. The van der Waals surface area contributed by atoms with Crippen LogP contribution in [0.3, 0.4) is 0 Å². The number of ether oxygens (including phenoxy) is 1. The maximum absolute atomic E-state index is 5.54. The van der Waals surface area contributed by atoms with Crippen LogP contribution in [0.15, 0.2) is 18.2 Å². The smallest absolute Gasteiger partial charge is 0.122 e. The van der Waals surface area contributed by atoms with Gasteiger partial charge in [-0.05, 0) is 57.0 Å². The van der Waals surface area contributed by atoms with Crippen molar-refractivity contribution < 1.29 is 4.74 Å². The topological polar surface area (TPSA) is 24.5 Å². The predicted octanol–water partition coefficient (Wildman–Crippen LogP) is 2.24. The quantitative estimate of drug-likeness (QED) is 0.772. The van der Waals surface area contributed by atoms with Crippen molar-refractivity contribution in [1.82, 2.24) is 10.2 Å². The summed E-state index contributed by atoms with van der Waals surface area (Å²) in [5.74, 6) is 1.08. The van der Waals surface area contributed by atoms with Gasteiger partial charge in [0.05, 0.1) is 6.61 Å². The van der Waals surface area contributed by atoms with E-state index in [0.29, 0.717) is 6.04 Å². The average molecular weight is 274 g/mol. The molecule has 3 heteroatoms. The Morgan fingerprint density at radius 2 is 2.25 bits per heavy atom. The minimum atomic E-state index is 0.635. The summed E-state index contributed by atoms with van der Waals surface area (Å²) in [6, 6.07) is 8.12. The summed E-state index contributed by atoms with van der Waals surface area (Å²) in [5, 5.41) is 3.59. The lowest BCUT2D eigenvalue weighted by Crippen LogP contribution is -2.39. The predicted molar refractivity (Wildman–Crippen MR) is 82.5 cm³/mol. The van der Waals surface area contributed by atoms with E-state index in [1.165, 1.54) is 24.0 Å². The highest BCUT2D eigenvalue weighted by Gasteiger charge is 2.28. The van der Waals surface area contributed by atoms with Gasteiger partial charge in [0.15, 0.2) is 0 Å². The third kappa shape index (κ3) is 3.33. The van der Waals surface area contributed by atoms with Gasteiger partial charge in [0, 0.05) is 25.0 Å². The van der Waals surface area contributed by atoms with Crippen LogP contribution in [-0.2, 0) is 12.8 Å². The first-order valence-electron chi connectivity index (χ1n) is 7.91. The molecule has 2 aliphatic rings. The van der Waals surface area contributed by atoms with Crippen molar-refractivity contribution in [3.05, 3.63) is 29.3 Å². The summed E-state index contributed by atoms with van der Waals surface area (Å²) >= 11 is 0. The highest BCUT2D eigenvalue weighted by molar-refractivity contribution is 5.39. The molecule has 110 valence electrons. The number of nitrogens with one attached hydrogen (secondary N) is 1. The van der Waals surface area contributed by atoms with Crippen LogP contribution in [0.2, 0.25) is 0 Å². The van der Waals surface area contributed by atoms with Crippen molar-refractivity contribution in [3.63, 3.8) is 0 Å². The van der Waals surface area contributed by atoms with Crippen LogP contribution in [0.5, 0.6) is 5.75 Å². The highest BCUT2D eigenvalue weighted by Crippen LogP contribution is 2.27. The highest BCUT2D eigenvalue weighted by atomic mass is 16.5. The summed E-state index contributed by atoms with van der Waals surface area (Å²) in [5.41, 5.74) is 2.80. The second-order valence-corrected chi connectivity index (χ2v) is 6.24. The van der Waals surface area contributed by atoms with E-state index in [1.807, 2.05) is 0 Å². The standard InChI is InChI=1S/C17H26N2O/c1-13(19(2)16-4-5-16)12-18-9-7-14-3-6-17-15(11-14)8-10-20-17/h3,6,11,13,16,18H,4-5,7-10,12H2,1-2H3. The van der Waals surface area contributed by atoms with Gasteiger partial charge in [-0.2, -0.15) is 0 Å². The molecule has 0 radical (unpaired) electrons. The molecule has 0 amide bonds. The SMILES string of the molecule is CC(CNCCc1ccc2c(c1)CCO2)N(C)C1CC1. The summed E-state index contributed by atoms with van der Waals surface area (Å²) < 4.78 is 5.54. The van der Waals surface area contributed by atoms with E-state index in [4.69, 9.17) is 4.74 Å². The lowest BCUT2D eigenvalue weighted by molar-refractivity contribution is 0.241. The second-order valence-electron chi connectivity index (χ2n) is 6.24. The maximum atomic E-state index is 5.54. The van der Waals surface area contributed by atoms with Crippen molar-refractivity contribution in [1.29, 1.82) is 0 Å². The lowest BCUT2D eigenvalue weighted by Gasteiger charge is -2.24. The van der Waals surface area contributed by atoms with E-state index < -0.39 is 0 Å². The van der Waals surface area contributed by atoms with Crippen LogP contribution >= 0.6 is 0 Å². The van der Waals surface area contributed by atoms with Gasteiger partial charge in [0.1, 0.15) is 5.75 Å². The zero-order chi connectivity index (χ0) is 13.9. The van der Waals surface area contributed by atoms with Gasteiger partial charge in [-0.1, -0.05) is 12.1 Å². The molecule has 1 N–H and O–H groups in total. The Bertz CT molecular complexity index is 456. The van der Waals surface area contributed by atoms with E-state index in [1.54, 1.807) is 0 Å². The molecular formula is C17H26N2O. The first-order chi connectivity index (χ1) is 9.74. The Balaban J connectivity index is 1.39. The van der Waals surface area contributed by atoms with Crippen molar-refractivity contribution in [2.75, 3.05) is 26.7 Å². The summed E-state index contributed by atoms with van der Waals surface area (Å²) in [6.07, 6.45) is 4.95. The van der Waals surface area contributed by atoms with Crippen LogP contribution < -0.4 is 10.1 Å². The van der Waals surface area contributed by atoms with Gasteiger partial charge in [-0.25, -0.2) is 0 Å². The molecule has 0 bridgehead atoms. The van der Waals surface area contributed by atoms with Gasteiger partial charge in [-0.3, -0.25) is 4.90 Å². The molecule has 0 aromatic heterocycles. The monoisotopic (exact) mass is 274 g/mol. The zero-order valence-corrected chi connectivity index (χ0v) is 12.7. The Kier molecular flexibility index (Phi) is 4.27. The average Bonchev–Trinajstić information content (AvgIpc) is 3.20. The zero-order valence-electron chi connectivity index (χ0n) is 12.7. The molecule has 0 spiro atoms. The van der Waals surface area contributed by atoms with Crippen molar-refractivity contribution in [3.8, 4) is 5.75 Å². The number of likely N-dealkylation sites (N-methyl/N-ethyl adjacent to an activating group) is 1. The Morgan fingerprint density at radius 3 is 3.05 bits per heavy atom. The molecule has 0 saturated heterocycles. The van der Waals surface area contributed by atoms with E-state index in [-0.39, 0.29) is 0 Å². The molecule has 1 saturated carbocycles. The first-order valence-corrected chi connectivity index (χ1v) is 7.91. The molecule has 1 heterocycles. The summed E-state index contributed by atoms with van der Waals surface area (Å²) in [4.78, 5) is 2.51. The summed E-state index contributed by atoms with van der Waals surface area (Å²) in [6.45, 7) is 5.31. The first kappa shape index (κ1) is 13.9. The molecule has 1 fully saturated rings. The van der Waals surface area contributed by atoms with Crippen molar-refractivity contribution in [2.45, 2.75) is 44.7 Å². The number of hydrogen-bond acceptors (Lipinski definition) is 3. The Hall–Kier alpha value is -1.06. The van der Waals surface area contributed by atoms with Crippen LogP contribution in [0.1, 0.15) is 30.9 Å². The fraction of sp³-hybridized carbons (Fsp3) is 0.647. The van der Waals surface area contributed by atoms with Crippen LogP contribution in [0.25, 0.3) is 0 Å². The molecule has 1 unspecified atom stereocenters. The van der Waals surface area contributed by atoms with E-state index >= 15 is 0 Å². The van der Waals surface area contributed by atoms with Crippen molar-refractivity contribution >= 4 is 0 Å². The van der Waals surface area contributed by atoms with Gasteiger partial charge >= 0.3 is 0 Å². The van der Waals surface area contributed by atoms with Gasteiger partial charge in [-0.15, -0.1) is 0 Å². The maximum Gasteiger partial charge on any atom is 0.122 e. The van der Waals surface area contributed by atoms with Gasteiger partial charge < -0.3 is 10.1 Å². The van der Waals surface area contributed by atoms with Gasteiger partial charge in [0.25, 0.3) is 0 Å². The molecule has 1 aromatic rings. The largest absolute Gasteiger partial charge is 0.493 e. The second kappa shape index (κ2) is 6.15. The Morgan fingerprint density at radius 1 is 1.40 bits per heavy atom. The molecular weight excluding hydrogens is 248 g/mol. The number of hydrogen-bond donors (Lipinski definition) is 1. The molecule has 3 nitrogen and oxygen atoms in total. The lowest BCUT2D eigenvalue weighted by atomic mass is 10.1. The molecule has 1 atom stereocenters. The van der Waals surface area contributed by atoms with E-state index in [0.717, 1.165) is 44.3 Å². The minimum absolute atomic E-state index is 0.635. The third-order valence-corrected chi connectivity index (χ3v) is 4.60. The van der Waals surface area contributed by atoms with E-state index in [2.05, 4.69) is 42.4 Å². The molecule has 3 rings (SSSR count). The van der Waals surface area contributed by atoms with Crippen LogP contribution in [0, 0.1) is 0 Å². The number of benzene rings is 1. The molecule has 1 aromatic carbocycles. The fourth-order valence-electron chi connectivity index (χ4n) is 2.92. The number of nitrogens with zero attached hydrogens (tertiary/aromatic N) is 1. The minimum Gasteiger partial charge on any atom is -0.493 e. The Labute approximate surface area is 122 Å². The molecule has 1 aliphatic carbocycles. The van der Waals surface area contributed by atoms with Crippen LogP contribution in [0.4, 0.5) is 0 Å². The van der Waals surface area contributed by atoms with E-state index in [9.17, 15) is 0 Å². The molecule has 20 heavy (non-hydrogen) atoms. The fourth-order valence-corrected chi connectivity index (χ4v) is 2.92. The van der Waals surface area contributed by atoms with Gasteiger partial charge in [0.2, 0.25) is 0 Å². The third-order valence-electron chi connectivity index (χ3n) is 4.60.